The molecule has 2 saturated carbocycles. The van der Waals surface area contributed by atoms with Crippen LogP contribution >= 0.6 is 11.6 Å². The minimum absolute atomic E-state index is 0.0273. The summed E-state index contributed by atoms with van der Waals surface area (Å²) in [5, 5.41) is 11.2. The number of likely N-dealkylation sites (N-methyl/N-ethyl adjacent to an activating group) is 5. The van der Waals surface area contributed by atoms with Crippen LogP contribution in [0.4, 0.5) is 13.2 Å². The van der Waals surface area contributed by atoms with Crippen LogP contribution in [0.3, 0.4) is 0 Å². The Hall–Kier alpha value is -7.31. The van der Waals surface area contributed by atoms with Gasteiger partial charge >= 0.3 is 6.18 Å². The van der Waals surface area contributed by atoms with Gasteiger partial charge in [-0.3, -0.25) is 52.7 Å². The van der Waals surface area contributed by atoms with Crippen LogP contribution < -0.4 is 21.3 Å². The average Bonchev–Trinajstić information content (AvgIpc) is 1.53. The summed E-state index contributed by atoms with van der Waals surface area (Å²) in [5.74, 6) is -7.44. The number of hydrogen-bond donors (Lipinski definition) is 4. The van der Waals surface area contributed by atoms with Crippen LogP contribution in [0, 0.1) is 24.7 Å². The molecule has 2 aliphatic carbocycles. The van der Waals surface area contributed by atoms with Crippen LogP contribution in [0.25, 0.3) is 0 Å². The van der Waals surface area contributed by atoms with Gasteiger partial charge in [-0.2, -0.15) is 13.2 Å². The van der Waals surface area contributed by atoms with Gasteiger partial charge in [-0.25, -0.2) is 0 Å². The number of rotatable bonds is 11. The maximum atomic E-state index is 15.3. The number of nitrogens with one attached hydrogen (secondary N) is 4. The van der Waals surface area contributed by atoms with E-state index in [4.69, 9.17) is 11.6 Å². The fourth-order valence-electron chi connectivity index (χ4n) is 14.5. The predicted octanol–water partition coefficient (Wildman–Crippen LogP) is 6.20. The second kappa shape index (κ2) is 32.8. The summed E-state index contributed by atoms with van der Waals surface area (Å²) in [7, 11) is 5.77. The first-order valence-electron chi connectivity index (χ1n) is 34.3. The fraction of sp³-hybridized carbons (Fsp3) is 0.671. The van der Waals surface area contributed by atoms with Crippen molar-refractivity contribution in [3.05, 3.63) is 69.7 Å². The molecule has 3 saturated heterocycles. The van der Waals surface area contributed by atoms with Crippen LogP contribution in [0.15, 0.2) is 42.5 Å². The van der Waals surface area contributed by atoms with Crippen LogP contribution in [0.5, 0.6) is 0 Å². The number of carbonyl (C=O) groups excluding carboxylic acids is 11. The molecule has 7 rings (SSSR count). The number of amides is 11. The molecular weight excluding hydrogens is 1260 g/mol. The Morgan fingerprint density at radius 1 is 0.656 bits per heavy atom. The maximum Gasteiger partial charge on any atom is 0.417 e. The average molecular weight is 1370 g/mol. The highest BCUT2D eigenvalue weighted by Gasteiger charge is 2.51. The highest BCUT2D eigenvalue weighted by Crippen LogP contribution is 2.38. The van der Waals surface area contributed by atoms with E-state index in [9.17, 15) is 56.3 Å². The molecular formula is C70H101ClF3N11O11. The molecule has 2 aromatic rings. The SMILES string of the molecule is CC[C@H](C)[C@@H]1NC(=O)[C@H](CC(C)C)N(CC)C(=O)C[C@@H](C)NC(=O)[C@H](C2CCCC2)N(C)C(=O)C2(CCCC2)NC(=O)[C@@H]2CCCN2C(=O)[C@H](CCc2ccc(C(F)(F)F)c(Cl)c2)NC(=O)CN(C)C(=O)[C@H](Cc2ccc(C)cc2)N(C)C(=O)[C@@H]2CCN2C(=O)[C@H](C)N(C)C1=O. The third-order valence-electron chi connectivity index (χ3n) is 20.6. The number of fused-ring (bicyclic) bond motifs is 2. The molecule has 4 N–H and O–H groups in total. The third-order valence-corrected chi connectivity index (χ3v) is 20.9. The number of hydrogen-bond acceptors (Lipinski definition) is 11. The van der Waals surface area contributed by atoms with Crippen LogP contribution in [-0.2, 0) is 71.8 Å². The Labute approximate surface area is 568 Å². The zero-order chi connectivity index (χ0) is 70.8. The summed E-state index contributed by atoms with van der Waals surface area (Å²) in [6, 6.07) is 0.409. The molecule has 26 heteroatoms. The molecule has 0 radical (unpaired) electrons. The first-order valence-corrected chi connectivity index (χ1v) is 34.7. The Morgan fingerprint density at radius 2 is 1.29 bits per heavy atom. The Morgan fingerprint density at radius 3 is 1.88 bits per heavy atom. The van der Waals surface area contributed by atoms with Gasteiger partial charge in [0.05, 0.1) is 17.1 Å². The first-order chi connectivity index (χ1) is 45.2. The van der Waals surface area contributed by atoms with E-state index in [2.05, 4.69) is 21.3 Å². The van der Waals surface area contributed by atoms with Gasteiger partial charge in [0.2, 0.25) is 65.0 Å². The molecule has 96 heavy (non-hydrogen) atoms. The molecule has 3 heterocycles. The normalized spacial score (nSPS) is 27.2. The summed E-state index contributed by atoms with van der Waals surface area (Å²) >= 11 is 6.14. The van der Waals surface area contributed by atoms with Crippen LogP contribution in [0.1, 0.15) is 167 Å². The lowest BCUT2D eigenvalue weighted by Gasteiger charge is -2.45. The lowest BCUT2D eigenvalue weighted by atomic mass is 9.90. The summed E-state index contributed by atoms with van der Waals surface area (Å²) in [4.78, 5) is 172. The van der Waals surface area contributed by atoms with Gasteiger partial charge in [0.1, 0.15) is 53.9 Å². The third kappa shape index (κ3) is 17.9. The van der Waals surface area contributed by atoms with E-state index in [1.54, 1.807) is 40.0 Å². The summed E-state index contributed by atoms with van der Waals surface area (Å²) in [6.07, 6.45) is 0.538. The first kappa shape index (κ1) is 76.1. The molecule has 3 aliphatic heterocycles. The minimum atomic E-state index is -4.75. The van der Waals surface area contributed by atoms with Gasteiger partial charge in [0, 0.05) is 66.7 Å². The van der Waals surface area contributed by atoms with Crippen molar-refractivity contribution in [2.45, 2.75) is 231 Å². The summed E-state index contributed by atoms with van der Waals surface area (Å²) < 4.78 is 41.5. The van der Waals surface area contributed by atoms with Crippen molar-refractivity contribution < 1.29 is 65.9 Å². The molecule has 0 aromatic heterocycles. The van der Waals surface area contributed by atoms with Crippen molar-refractivity contribution in [3.8, 4) is 0 Å². The second-order valence-electron chi connectivity index (χ2n) is 28.0. The quantitative estimate of drug-likeness (QED) is 0.197. The molecule has 11 amide bonds. The Kier molecular flexibility index (Phi) is 26.0. The van der Waals surface area contributed by atoms with E-state index in [0.29, 0.717) is 49.7 Å². The molecule has 5 aliphatic rings. The largest absolute Gasteiger partial charge is 0.417 e. The van der Waals surface area contributed by atoms with Crippen LogP contribution in [0.2, 0.25) is 5.02 Å². The fourth-order valence-corrected chi connectivity index (χ4v) is 14.8. The summed E-state index contributed by atoms with van der Waals surface area (Å²) in [5.41, 5.74) is -0.662. The van der Waals surface area contributed by atoms with Gasteiger partial charge in [0.25, 0.3) is 0 Å². The predicted molar refractivity (Wildman–Crippen MR) is 355 cm³/mol. The van der Waals surface area contributed by atoms with Gasteiger partial charge in [-0.15, -0.1) is 0 Å². The van der Waals surface area contributed by atoms with E-state index in [1.165, 1.54) is 63.5 Å². The van der Waals surface area contributed by atoms with Gasteiger partial charge in [0.15, 0.2) is 0 Å². The van der Waals surface area contributed by atoms with E-state index in [1.807, 2.05) is 39.8 Å². The molecule has 5 fully saturated rings. The molecule has 2 aromatic carbocycles. The number of carbonyl (C=O) groups is 11. The smallest absolute Gasteiger partial charge is 0.351 e. The van der Waals surface area contributed by atoms with Crippen LogP contribution in [-0.4, -0.2) is 214 Å². The zero-order valence-corrected chi connectivity index (χ0v) is 58.7. The monoisotopic (exact) mass is 1360 g/mol. The molecule has 1 spiro atoms. The number of nitrogens with zero attached hydrogens (tertiary/aromatic N) is 7. The maximum absolute atomic E-state index is 15.3. The van der Waals surface area contributed by atoms with Crippen molar-refractivity contribution >= 4 is 76.6 Å². The molecule has 530 valence electrons. The molecule has 10 atom stereocenters. The topological polar surface area (TPSA) is 259 Å². The minimum Gasteiger partial charge on any atom is -0.351 e. The molecule has 22 nitrogen and oxygen atoms in total. The number of benzene rings is 2. The Bertz CT molecular complexity index is 3180. The van der Waals surface area contributed by atoms with Gasteiger partial charge in [-0.1, -0.05) is 107 Å². The lowest BCUT2D eigenvalue weighted by molar-refractivity contribution is -0.160. The number of alkyl halides is 3. The molecule has 0 unspecified atom stereocenters. The molecule has 0 bridgehead atoms. The van der Waals surface area contributed by atoms with Crippen molar-refractivity contribution in [1.29, 1.82) is 0 Å². The van der Waals surface area contributed by atoms with E-state index < -0.39 is 154 Å². The van der Waals surface area contributed by atoms with E-state index in [0.717, 1.165) is 35.4 Å². The van der Waals surface area contributed by atoms with E-state index in [-0.39, 0.29) is 89.3 Å². The lowest BCUT2D eigenvalue weighted by Crippen LogP contribution is -2.65. The Balaban J connectivity index is 1.26. The van der Waals surface area contributed by atoms with Crippen molar-refractivity contribution in [2.75, 3.05) is 54.4 Å². The van der Waals surface area contributed by atoms with Crippen molar-refractivity contribution in [2.24, 2.45) is 17.8 Å². The van der Waals surface area contributed by atoms with Crippen molar-refractivity contribution in [1.82, 2.24) is 55.6 Å². The van der Waals surface area contributed by atoms with Crippen molar-refractivity contribution in [3.63, 3.8) is 0 Å². The van der Waals surface area contributed by atoms with E-state index >= 15 is 9.59 Å². The van der Waals surface area contributed by atoms with Gasteiger partial charge in [-0.05, 0) is 133 Å². The zero-order valence-electron chi connectivity index (χ0n) is 58.0. The number of aryl methyl sites for hydroxylation is 2. The highest BCUT2D eigenvalue weighted by molar-refractivity contribution is 6.31. The standard InChI is InChI=1S/C70H101ClF3N11O11/c1-13-43(6)58-67(95)80(10)45(8)63(91)85-35-31-53(85)66(94)81(11)55(39-47-25-23-42(5)24-26-47)65(93)79(9)40-56(86)76-51(30-28-46-27-29-49(50(71)38-46)70(72,73)74)64(92)84-34-19-22-52(84)61(89)78-69(32-17-18-33-69)68(96)82(12)59(48-20-15-16-21-48)62(90)75-44(7)37-57(87)83(14-2)54(36-41(3)4)60(88)77-58/h23-27,29,38,41,43-45,48,51-55,58-59H,13-22,28,30-37,39-40H2,1-12H3,(H,75,90)(H,76,86)(H,77,88)(H,78,89)/t43-,44+,45-,51-,52-,53-,54-,55-,58-,59-/m0/s1. The number of halogens is 4. The summed E-state index contributed by atoms with van der Waals surface area (Å²) in [6.45, 7) is 13.9. The second-order valence-corrected chi connectivity index (χ2v) is 28.4. The van der Waals surface area contributed by atoms with Gasteiger partial charge < -0.3 is 55.6 Å². The highest BCUT2D eigenvalue weighted by atomic mass is 35.5.